The molecule has 110 valence electrons. The van der Waals surface area contributed by atoms with Gasteiger partial charge in [-0.3, -0.25) is 9.59 Å². The van der Waals surface area contributed by atoms with Gasteiger partial charge in [-0.25, -0.2) is 0 Å². The van der Waals surface area contributed by atoms with E-state index >= 15 is 0 Å². The summed E-state index contributed by atoms with van der Waals surface area (Å²) in [6.07, 6.45) is 2.86. The molecule has 0 spiro atoms. The molecular formula is C14H12Cl2N2O3. The summed E-state index contributed by atoms with van der Waals surface area (Å²) >= 11 is 11.8. The molecule has 0 aliphatic carbocycles. The van der Waals surface area contributed by atoms with Crippen LogP contribution in [0.1, 0.15) is 16.8 Å². The number of anilines is 1. The Bertz CT molecular complexity index is 642. The minimum Gasteiger partial charge on any atom is -0.472 e. The Balaban J connectivity index is 1.80. The van der Waals surface area contributed by atoms with Crippen LogP contribution in [0.25, 0.3) is 0 Å². The first kappa shape index (κ1) is 15.4. The van der Waals surface area contributed by atoms with E-state index in [0.717, 1.165) is 0 Å². The van der Waals surface area contributed by atoms with Crippen LogP contribution < -0.4 is 10.6 Å². The van der Waals surface area contributed by atoms with E-state index in [4.69, 9.17) is 27.6 Å². The molecule has 2 N–H and O–H groups in total. The summed E-state index contributed by atoms with van der Waals surface area (Å²) in [6, 6.07) is 6.51. The summed E-state index contributed by atoms with van der Waals surface area (Å²) in [5.74, 6) is -0.566. The standard InChI is InChI=1S/C14H12Cl2N2O3/c15-10-2-1-3-11(13(10)16)18-12(19)4-6-17-14(20)9-5-7-21-8-9/h1-3,5,7-8H,4,6H2,(H,17,20)(H,18,19). The van der Waals surface area contributed by atoms with Crippen molar-refractivity contribution in [3.8, 4) is 0 Å². The van der Waals surface area contributed by atoms with Crippen LogP contribution in [-0.4, -0.2) is 18.4 Å². The maximum Gasteiger partial charge on any atom is 0.254 e. The van der Waals surface area contributed by atoms with E-state index in [1.54, 1.807) is 24.3 Å². The number of carbonyl (C=O) groups is 2. The monoisotopic (exact) mass is 326 g/mol. The van der Waals surface area contributed by atoms with Crippen molar-refractivity contribution in [1.29, 1.82) is 0 Å². The third-order valence-electron chi connectivity index (χ3n) is 2.65. The number of hydrogen-bond donors (Lipinski definition) is 2. The lowest BCUT2D eigenvalue weighted by Crippen LogP contribution is -2.27. The van der Waals surface area contributed by atoms with E-state index in [2.05, 4.69) is 10.6 Å². The molecule has 21 heavy (non-hydrogen) atoms. The maximum atomic E-state index is 11.8. The molecule has 2 aromatic rings. The molecule has 1 aromatic heterocycles. The average molecular weight is 327 g/mol. The van der Waals surface area contributed by atoms with Gasteiger partial charge in [-0.2, -0.15) is 0 Å². The Hall–Kier alpha value is -1.98. The number of rotatable bonds is 5. The summed E-state index contributed by atoms with van der Waals surface area (Å²) in [5.41, 5.74) is 0.851. The highest BCUT2D eigenvalue weighted by Gasteiger charge is 2.10. The minimum absolute atomic E-state index is 0.117. The van der Waals surface area contributed by atoms with Crippen molar-refractivity contribution in [3.63, 3.8) is 0 Å². The maximum absolute atomic E-state index is 11.8. The summed E-state index contributed by atoms with van der Waals surface area (Å²) in [6.45, 7) is 0.202. The van der Waals surface area contributed by atoms with E-state index in [9.17, 15) is 9.59 Å². The zero-order chi connectivity index (χ0) is 15.2. The van der Waals surface area contributed by atoms with E-state index in [1.165, 1.54) is 12.5 Å². The van der Waals surface area contributed by atoms with Crippen LogP contribution in [0.4, 0.5) is 5.69 Å². The van der Waals surface area contributed by atoms with Crippen LogP contribution in [-0.2, 0) is 4.79 Å². The number of benzene rings is 1. The zero-order valence-electron chi connectivity index (χ0n) is 10.9. The Kier molecular flexibility index (Phi) is 5.25. The lowest BCUT2D eigenvalue weighted by atomic mass is 10.3. The highest BCUT2D eigenvalue weighted by Crippen LogP contribution is 2.29. The van der Waals surface area contributed by atoms with Crippen molar-refractivity contribution in [1.82, 2.24) is 5.32 Å². The number of carbonyl (C=O) groups excluding carboxylic acids is 2. The van der Waals surface area contributed by atoms with E-state index in [-0.39, 0.29) is 29.8 Å². The molecule has 0 aliphatic heterocycles. The third kappa shape index (κ3) is 4.24. The number of amides is 2. The third-order valence-corrected chi connectivity index (χ3v) is 3.47. The second-order valence-corrected chi connectivity index (χ2v) is 4.95. The summed E-state index contributed by atoms with van der Waals surface area (Å²) in [5, 5.41) is 5.89. The van der Waals surface area contributed by atoms with Crippen LogP contribution in [0.3, 0.4) is 0 Å². The fourth-order valence-electron chi connectivity index (χ4n) is 1.60. The second kappa shape index (κ2) is 7.15. The van der Waals surface area contributed by atoms with Gasteiger partial charge in [0.1, 0.15) is 6.26 Å². The molecular weight excluding hydrogens is 315 g/mol. The smallest absolute Gasteiger partial charge is 0.254 e. The fraction of sp³-hybridized carbons (Fsp3) is 0.143. The topological polar surface area (TPSA) is 71.3 Å². The number of furan rings is 1. The van der Waals surface area contributed by atoms with Crippen LogP contribution in [0.15, 0.2) is 41.2 Å². The Morgan fingerprint density at radius 3 is 2.71 bits per heavy atom. The molecule has 0 saturated carbocycles. The van der Waals surface area contributed by atoms with Gasteiger partial charge in [-0.05, 0) is 18.2 Å². The Labute approximate surface area is 131 Å². The van der Waals surface area contributed by atoms with Crippen LogP contribution in [0.5, 0.6) is 0 Å². The predicted octanol–water partition coefficient (Wildman–Crippen LogP) is 3.35. The zero-order valence-corrected chi connectivity index (χ0v) is 12.4. The van der Waals surface area contributed by atoms with Crippen LogP contribution >= 0.6 is 23.2 Å². The van der Waals surface area contributed by atoms with Crippen molar-refractivity contribution in [3.05, 3.63) is 52.4 Å². The van der Waals surface area contributed by atoms with Crippen molar-refractivity contribution in [2.45, 2.75) is 6.42 Å². The number of halogens is 2. The van der Waals surface area contributed by atoms with Crippen molar-refractivity contribution >= 4 is 40.7 Å². The lowest BCUT2D eigenvalue weighted by Gasteiger charge is -2.08. The van der Waals surface area contributed by atoms with Gasteiger partial charge in [0.25, 0.3) is 5.91 Å². The van der Waals surface area contributed by atoms with Crippen LogP contribution in [0.2, 0.25) is 10.0 Å². The summed E-state index contributed by atoms with van der Waals surface area (Å²) in [4.78, 5) is 23.4. The fourth-order valence-corrected chi connectivity index (χ4v) is 1.95. The van der Waals surface area contributed by atoms with Crippen molar-refractivity contribution in [2.24, 2.45) is 0 Å². The molecule has 0 atom stereocenters. The van der Waals surface area contributed by atoms with Gasteiger partial charge in [0.15, 0.2) is 0 Å². The molecule has 0 saturated heterocycles. The normalized spacial score (nSPS) is 10.2. The summed E-state index contributed by atoms with van der Waals surface area (Å²) in [7, 11) is 0. The molecule has 0 radical (unpaired) electrons. The Morgan fingerprint density at radius 2 is 2.00 bits per heavy atom. The lowest BCUT2D eigenvalue weighted by molar-refractivity contribution is -0.116. The number of hydrogen-bond acceptors (Lipinski definition) is 3. The van der Waals surface area contributed by atoms with Gasteiger partial charge in [0.2, 0.25) is 5.91 Å². The highest BCUT2D eigenvalue weighted by atomic mass is 35.5. The highest BCUT2D eigenvalue weighted by molar-refractivity contribution is 6.43. The van der Waals surface area contributed by atoms with Gasteiger partial charge in [0.05, 0.1) is 27.6 Å². The van der Waals surface area contributed by atoms with E-state index in [0.29, 0.717) is 16.3 Å². The average Bonchev–Trinajstić information content (AvgIpc) is 2.98. The first-order valence-corrected chi connectivity index (χ1v) is 6.88. The molecule has 1 heterocycles. The van der Waals surface area contributed by atoms with Crippen molar-refractivity contribution in [2.75, 3.05) is 11.9 Å². The number of nitrogens with one attached hydrogen (secondary N) is 2. The quantitative estimate of drug-likeness (QED) is 0.885. The van der Waals surface area contributed by atoms with Crippen molar-refractivity contribution < 1.29 is 14.0 Å². The van der Waals surface area contributed by atoms with Gasteiger partial charge < -0.3 is 15.1 Å². The molecule has 0 fully saturated rings. The SMILES string of the molecule is O=C(CCNC(=O)c1ccoc1)Nc1cccc(Cl)c1Cl. The molecule has 0 bridgehead atoms. The van der Waals surface area contributed by atoms with E-state index < -0.39 is 0 Å². The van der Waals surface area contributed by atoms with Gasteiger partial charge >= 0.3 is 0 Å². The minimum atomic E-state index is -0.294. The van der Waals surface area contributed by atoms with E-state index in [1.807, 2.05) is 0 Å². The molecule has 0 unspecified atom stereocenters. The van der Waals surface area contributed by atoms with Gasteiger partial charge in [0, 0.05) is 13.0 Å². The van der Waals surface area contributed by atoms with Crippen LogP contribution in [0, 0.1) is 0 Å². The molecule has 2 rings (SSSR count). The molecule has 0 aliphatic rings. The Morgan fingerprint density at radius 1 is 1.19 bits per heavy atom. The molecule has 5 nitrogen and oxygen atoms in total. The molecule has 2 amide bonds. The predicted molar refractivity (Wildman–Crippen MR) is 80.7 cm³/mol. The first-order chi connectivity index (χ1) is 10.1. The molecule has 7 heteroatoms. The van der Waals surface area contributed by atoms with Gasteiger partial charge in [-0.15, -0.1) is 0 Å². The summed E-state index contributed by atoms with van der Waals surface area (Å²) < 4.78 is 4.80. The second-order valence-electron chi connectivity index (χ2n) is 4.17. The molecule has 1 aromatic carbocycles. The van der Waals surface area contributed by atoms with Gasteiger partial charge in [-0.1, -0.05) is 29.3 Å². The largest absolute Gasteiger partial charge is 0.472 e. The first-order valence-electron chi connectivity index (χ1n) is 6.12.